The number of thioether (sulfide) groups is 1. The summed E-state index contributed by atoms with van der Waals surface area (Å²) in [5.41, 5.74) is 0.551. The van der Waals surface area contributed by atoms with Gasteiger partial charge in [-0.25, -0.2) is 4.90 Å². The SMILES string of the molecule is O=C1SC(=Cc2ccc(-c3ccc(Cl)cc3[N+](=O)[O-])o2)C(=O)N1c1ccccc1. The summed E-state index contributed by atoms with van der Waals surface area (Å²) >= 11 is 6.64. The summed E-state index contributed by atoms with van der Waals surface area (Å²) in [6.07, 6.45) is 1.44. The average Bonchev–Trinajstić information content (AvgIpc) is 3.27. The molecule has 1 fully saturated rings. The van der Waals surface area contributed by atoms with Crippen LogP contribution in [0.25, 0.3) is 17.4 Å². The minimum absolute atomic E-state index is 0.192. The number of hydrogen-bond donors (Lipinski definition) is 0. The van der Waals surface area contributed by atoms with Crippen molar-refractivity contribution in [3.8, 4) is 11.3 Å². The number of imide groups is 1. The number of carbonyl (C=O) groups excluding carboxylic acids is 2. The average molecular weight is 427 g/mol. The number of amides is 2. The zero-order valence-corrected chi connectivity index (χ0v) is 16.1. The van der Waals surface area contributed by atoms with Gasteiger partial charge >= 0.3 is 0 Å². The van der Waals surface area contributed by atoms with Gasteiger partial charge in [0.1, 0.15) is 11.5 Å². The molecule has 0 N–H and O–H groups in total. The molecule has 0 radical (unpaired) electrons. The molecule has 0 spiro atoms. The smallest absolute Gasteiger partial charge is 0.298 e. The molecule has 2 heterocycles. The van der Waals surface area contributed by atoms with Gasteiger partial charge in [0.2, 0.25) is 0 Å². The van der Waals surface area contributed by atoms with E-state index in [1.54, 1.807) is 42.5 Å². The molecule has 1 saturated heterocycles. The molecule has 1 aliphatic rings. The van der Waals surface area contributed by atoms with E-state index < -0.39 is 16.1 Å². The highest BCUT2D eigenvalue weighted by Crippen LogP contribution is 2.37. The van der Waals surface area contributed by atoms with Crippen molar-refractivity contribution in [1.82, 2.24) is 0 Å². The van der Waals surface area contributed by atoms with Gasteiger partial charge in [0.15, 0.2) is 0 Å². The number of para-hydroxylation sites is 1. The molecule has 4 rings (SSSR count). The molecule has 29 heavy (non-hydrogen) atoms. The second-order valence-electron chi connectivity index (χ2n) is 5.97. The standard InChI is InChI=1S/C20H11ClN2O5S/c21-12-6-8-15(16(10-12)23(26)27)17-9-7-14(28-17)11-18-19(24)22(20(25)29-18)13-4-2-1-3-5-13/h1-11H. The van der Waals surface area contributed by atoms with Gasteiger partial charge in [-0.3, -0.25) is 19.7 Å². The molecule has 7 nitrogen and oxygen atoms in total. The molecule has 1 aromatic heterocycles. The van der Waals surface area contributed by atoms with E-state index in [1.807, 2.05) is 0 Å². The molecule has 0 atom stereocenters. The van der Waals surface area contributed by atoms with E-state index in [4.69, 9.17) is 16.0 Å². The van der Waals surface area contributed by atoms with E-state index in [0.717, 1.165) is 16.7 Å². The first-order valence-corrected chi connectivity index (χ1v) is 9.50. The Morgan fingerprint density at radius 3 is 2.55 bits per heavy atom. The van der Waals surface area contributed by atoms with Gasteiger partial charge in [0.05, 0.1) is 21.1 Å². The van der Waals surface area contributed by atoms with E-state index in [2.05, 4.69) is 0 Å². The maximum atomic E-state index is 12.6. The number of nitro groups is 1. The summed E-state index contributed by atoms with van der Waals surface area (Å²) in [7, 11) is 0. The number of anilines is 1. The van der Waals surface area contributed by atoms with Crippen LogP contribution in [0.2, 0.25) is 5.02 Å². The van der Waals surface area contributed by atoms with E-state index in [-0.39, 0.29) is 26.9 Å². The molecule has 3 aromatic rings. The van der Waals surface area contributed by atoms with Crippen molar-refractivity contribution in [2.45, 2.75) is 0 Å². The maximum absolute atomic E-state index is 12.6. The van der Waals surface area contributed by atoms with Crippen molar-refractivity contribution in [2.75, 3.05) is 4.90 Å². The lowest BCUT2D eigenvalue weighted by atomic mass is 10.1. The Morgan fingerprint density at radius 1 is 1.07 bits per heavy atom. The topological polar surface area (TPSA) is 93.7 Å². The zero-order chi connectivity index (χ0) is 20.5. The fraction of sp³-hybridized carbons (Fsp3) is 0. The summed E-state index contributed by atoms with van der Waals surface area (Å²) in [5.74, 6) is 0.0892. The molecule has 0 aliphatic carbocycles. The number of hydrogen-bond acceptors (Lipinski definition) is 6. The number of furan rings is 1. The third kappa shape index (κ3) is 3.67. The van der Waals surface area contributed by atoms with Crippen LogP contribution in [0.5, 0.6) is 0 Å². The molecule has 0 saturated carbocycles. The van der Waals surface area contributed by atoms with Gasteiger partial charge in [0, 0.05) is 17.2 Å². The summed E-state index contributed by atoms with van der Waals surface area (Å²) in [4.78, 5) is 36.9. The van der Waals surface area contributed by atoms with E-state index in [0.29, 0.717) is 11.4 Å². The Morgan fingerprint density at radius 2 is 1.83 bits per heavy atom. The minimum atomic E-state index is -0.547. The van der Waals surface area contributed by atoms with Gasteiger partial charge in [-0.2, -0.15) is 0 Å². The van der Waals surface area contributed by atoms with Crippen LogP contribution in [0, 0.1) is 10.1 Å². The van der Waals surface area contributed by atoms with E-state index >= 15 is 0 Å². The van der Waals surface area contributed by atoms with Crippen molar-refractivity contribution in [1.29, 1.82) is 0 Å². The number of nitro benzene ring substituents is 1. The Kier molecular flexibility index (Phi) is 4.96. The molecule has 0 bridgehead atoms. The first-order valence-electron chi connectivity index (χ1n) is 8.31. The summed E-state index contributed by atoms with van der Waals surface area (Å²) in [6.45, 7) is 0. The highest BCUT2D eigenvalue weighted by molar-refractivity contribution is 8.19. The number of rotatable bonds is 4. The zero-order valence-electron chi connectivity index (χ0n) is 14.6. The van der Waals surface area contributed by atoms with Crippen molar-refractivity contribution < 1.29 is 18.9 Å². The van der Waals surface area contributed by atoms with Crippen LogP contribution in [0.15, 0.2) is 70.0 Å². The molecule has 1 aliphatic heterocycles. The Balaban J connectivity index is 1.65. The number of benzene rings is 2. The van der Waals surface area contributed by atoms with Gasteiger partial charge in [-0.05, 0) is 48.2 Å². The van der Waals surface area contributed by atoms with Crippen molar-refractivity contribution in [2.24, 2.45) is 0 Å². The summed E-state index contributed by atoms with van der Waals surface area (Å²) in [6, 6.07) is 16.0. The molecule has 0 unspecified atom stereocenters. The Labute approximate surface area is 173 Å². The number of halogens is 1. The predicted octanol–water partition coefficient (Wildman–Crippen LogP) is 5.75. The van der Waals surface area contributed by atoms with Crippen LogP contribution < -0.4 is 4.90 Å². The Hall–Kier alpha value is -3.36. The maximum Gasteiger partial charge on any atom is 0.298 e. The molecular formula is C20H11ClN2O5S. The second-order valence-corrected chi connectivity index (χ2v) is 7.40. The fourth-order valence-corrected chi connectivity index (χ4v) is 3.82. The third-order valence-electron chi connectivity index (χ3n) is 4.13. The highest BCUT2D eigenvalue weighted by Gasteiger charge is 2.36. The van der Waals surface area contributed by atoms with Crippen molar-refractivity contribution in [3.05, 3.63) is 86.5 Å². The first-order chi connectivity index (χ1) is 13.9. The van der Waals surface area contributed by atoms with Gasteiger partial charge in [-0.15, -0.1) is 0 Å². The monoisotopic (exact) mass is 426 g/mol. The lowest BCUT2D eigenvalue weighted by molar-refractivity contribution is -0.384. The number of nitrogens with zero attached hydrogens (tertiary/aromatic N) is 2. The largest absolute Gasteiger partial charge is 0.456 e. The second kappa shape index (κ2) is 7.57. The van der Waals surface area contributed by atoms with Crippen LogP contribution >= 0.6 is 23.4 Å². The molecular weight excluding hydrogens is 416 g/mol. The number of carbonyl (C=O) groups is 2. The lowest BCUT2D eigenvalue weighted by Crippen LogP contribution is -2.27. The quantitative estimate of drug-likeness (QED) is 0.299. The molecule has 144 valence electrons. The normalized spacial score (nSPS) is 15.3. The highest BCUT2D eigenvalue weighted by atomic mass is 35.5. The van der Waals surface area contributed by atoms with Gasteiger partial charge in [-0.1, -0.05) is 29.8 Å². The third-order valence-corrected chi connectivity index (χ3v) is 5.23. The summed E-state index contributed by atoms with van der Waals surface area (Å²) in [5, 5.41) is 11.1. The fourth-order valence-electron chi connectivity index (χ4n) is 2.84. The van der Waals surface area contributed by atoms with Crippen molar-refractivity contribution >= 4 is 52.0 Å². The minimum Gasteiger partial charge on any atom is -0.456 e. The molecule has 9 heteroatoms. The van der Waals surface area contributed by atoms with Gasteiger partial charge < -0.3 is 4.42 Å². The van der Waals surface area contributed by atoms with Crippen molar-refractivity contribution in [3.63, 3.8) is 0 Å². The summed E-state index contributed by atoms with van der Waals surface area (Å²) < 4.78 is 5.67. The van der Waals surface area contributed by atoms with Crippen LogP contribution in [0.3, 0.4) is 0 Å². The first kappa shape index (κ1) is 19.0. The van der Waals surface area contributed by atoms with E-state index in [9.17, 15) is 19.7 Å². The van der Waals surface area contributed by atoms with Crippen LogP contribution in [-0.4, -0.2) is 16.1 Å². The predicted molar refractivity (Wildman–Crippen MR) is 111 cm³/mol. The van der Waals surface area contributed by atoms with Crippen LogP contribution in [-0.2, 0) is 4.79 Å². The lowest BCUT2D eigenvalue weighted by Gasteiger charge is -2.11. The van der Waals surface area contributed by atoms with Crippen LogP contribution in [0.1, 0.15) is 5.76 Å². The molecule has 2 aromatic carbocycles. The molecule has 2 amide bonds. The van der Waals surface area contributed by atoms with E-state index in [1.165, 1.54) is 24.3 Å². The van der Waals surface area contributed by atoms with Crippen LogP contribution in [0.4, 0.5) is 16.2 Å². The Bertz CT molecular complexity index is 1170. The van der Waals surface area contributed by atoms with Gasteiger partial charge in [0.25, 0.3) is 16.8 Å².